The summed E-state index contributed by atoms with van der Waals surface area (Å²) in [5.74, 6) is 0.514. The number of hydrogen-bond donors (Lipinski definition) is 2. The van der Waals surface area contributed by atoms with E-state index in [1.54, 1.807) is 14.2 Å². The van der Waals surface area contributed by atoms with Crippen molar-refractivity contribution in [1.29, 1.82) is 0 Å². The Morgan fingerprint density at radius 3 is 2.42 bits per heavy atom. The van der Waals surface area contributed by atoms with Crippen LogP contribution < -0.4 is 14.8 Å². The van der Waals surface area contributed by atoms with E-state index in [0.717, 1.165) is 5.69 Å². The third kappa shape index (κ3) is 4.69. The highest BCUT2D eigenvalue weighted by Gasteiger charge is 2.21. The fourth-order valence-electron chi connectivity index (χ4n) is 1.76. The lowest BCUT2D eigenvalue weighted by atomic mass is 9.89. The van der Waals surface area contributed by atoms with Gasteiger partial charge in [0.15, 0.2) is 11.5 Å². The molecule has 5 heteroatoms. The van der Waals surface area contributed by atoms with Crippen LogP contribution in [0.15, 0.2) is 18.2 Å². The monoisotopic (exact) mass is 267 g/mol. The molecule has 2 N–H and O–H groups in total. The number of carboxylic acids is 1. The second-order valence-electron chi connectivity index (χ2n) is 5.16. The molecule has 1 aromatic rings. The van der Waals surface area contributed by atoms with Gasteiger partial charge in [-0.1, -0.05) is 13.8 Å². The van der Waals surface area contributed by atoms with E-state index in [-0.39, 0.29) is 11.8 Å². The van der Waals surface area contributed by atoms with E-state index < -0.39 is 5.97 Å². The van der Waals surface area contributed by atoms with Crippen LogP contribution in [0.4, 0.5) is 5.69 Å². The van der Waals surface area contributed by atoms with Crippen molar-refractivity contribution >= 4 is 11.7 Å². The summed E-state index contributed by atoms with van der Waals surface area (Å²) >= 11 is 0. The third-order valence-electron chi connectivity index (χ3n) is 2.78. The zero-order chi connectivity index (χ0) is 14.5. The highest BCUT2D eigenvalue weighted by molar-refractivity contribution is 5.67. The Kier molecular flexibility index (Phi) is 5.03. The largest absolute Gasteiger partial charge is 0.493 e. The molecule has 0 aromatic heterocycles. The summed E-state index contributed by atoms with van der Waals surface area (Å²) in [5.41, 5.74) is 0.551. The molecule has 19 heavy (non-hydrogen) atoms. The molecule has 0 bridgehead atoms. The molecular formula is C14H21NO4. The summed E-state index contributed by atoms with van der Waals surface area (Å²) in [5, 5.41) is 12.0. The van der Waals surface area contributed by atoms with Gasteiger partial charge >= 0.3 is 5.97 Å². The van der Waals surface area contributed by atoms with Gasteiger partial charge in [-0.05, 0) is 17.5 Å². The van der Waals surface area contributed by atoms with Gasteiger partial charge in [-0.25, -0.2) is 0 Å². The molecule has 1 rings (SSSR count). The molecule has 0 saturated carbocycles. The zero-order valence-electron chi connectivity index (χ0n) is 11.8. The Morgan fingerprint density at radius 2 is 1.89 bits per heavy atom. The van der Waals surface area contributed by atoms with Gasteiger partial charge in [-0.15, -0.1) is 0 Å². The van der Waals surface area contributed by atoms with E-state index in [1.165, 1.54) is 0 Å². The number of hydrogen-bond acceptors (Lipinski definition) is 4. The predicted molar refractivity (Wildman–Crippen MR) is 74.1 cm³/mol. The summed E-state index contributed by atoms with van der Waals surface area (Å²) in [6, 6.07) is 5.51. The van der Waals surface area contributed by atoms with Crippen LogP contribution in [0.5, 0.6) is 11.5 Å². The number of carboxylic acid groups (broad SMARTS) is 1. The van der Waals surface area contributed by atoms with Crippen LogP contribution in [0.3, 0.4) is 0 Å². The Hall–Kier alpha value is -1.91. The van der Waals surface area contributed by atoms with Gasteiger partial charge in [0.25, 0.3) is 0 Å². The van der Waals surface area contributed by atoms with E-state index in [2.05, 4.69) is 5.32 Å². The normalized spacial score (nSPS) is 10.9. The molecule has 106 valence electrons. The van der Waals surface area contributed by atoms with Gasteiger partial charge in [0.05, 0.1) is 20.6 Å². The van der Waals surface area contributed by atoms with Crippen molar-refractivity contribution in [2.24, 2.45) is 5.41 Å². The van der Waals surface area contributed by atoms with Crippen molar-refractivity contribution in [2.45, 2.75) is 20.3 Å². The number of aliphatic carboxylic acids is 1. The SMILES string of the molecule is COc1ccc(NCC(C)(C)CC(=O)O)cc1OC. The Bertz CT molecular complexity index is 443. The zero-order valence-corrected chi connectivity index (χ0v) is 11.8. The summed E-state index contributed by atoms with van der Waals surface area (Å²) in [6.07, 6.45) is 0.118. The number of methoxy groups -OCH3 is 2. The van der Waals surface area contributed by atoms with Crippen LogP contribution in [-0.4, -0.2) is 31.8 Å². The highest BCUT2D eigenvalue weighted by Crippen LogP contribution is 2.30. The topological polar surface area (TPSA) is 67.8 Å². The average molecular weight is 267 g/mol. The summed E-state index contributed by atoms with van der Waals surface area (Å²) < 4.78 is 10.4. The summed E-state index contributed by atoms with van der Waals surface area (Å²) in [6.45, 7) is 4.39. The van der Waals surface area contributed by atoms with Crippen LogP contribution >= 0.6 is 0 Å². The molecule has 0 radical (unpaired) electrons. The average Bonchev–Trinajstić information content (AvgIpc) is 2.34. The fraction of sp³-hybridized carbons (Fsp3) is 0.500. The number of benzene rings is 1. The Labute approximate surface area is 113 Å². The lowest BCUT2D eigenvalue weighted by molar-refractivity contribution is -0.139. The van der Waals surface area contributed by atoms with Gasteiger partial charge in [0.1, 0.15) is 0 Å². The van der Waals surface area contributed by atoms with Crippen LogP contribution in [0.2, 0.25) is 0 Å². The maximum absolute atomic E-state index is 10.7. The Balaban J connectivity index is 2.70. The maximum atomic E-state index is 10.7. The number of nitrogens with one attached hydrogen (secondary N) is 1. The van der Waals surface area contributed by atoms with E-state index >= 15 is 0 Å². The lowest BCUT2D eigenvalue weighted by Crippen LogP contribution is -2.26. The van der Waals surface area contributed by atoms with Crippen molar-refractivity contribution in [3.05, 3.63) is 18.2 Å². The Morgan fingerprint density at radius 1 is 1.26 bits per heavy atom. The maximum Gasteiger partial charge on any atom is 0.303 e. The molecule has 0 aliphatic rings. The number of anilines is 1. The molecule has 0 aliphatic carbocycles. The summed E-state index contributed by atoms with van der Waals surface area (Å²) in [4.78, 5) is 10.7. The van der Waals surface area contributed by atoms with Crippen LogP contribution in [-0.2, 0) is 4.79 Å². The molecule has 0 atom stereocenters. The van der Waals surface area contributed by atoms with Crippen molar-refractivity contribution in [1.82, 2.24) is 0 Å². The molecule has 0 fully saturated rings. The molecule has 0 spiro atoms. The minimum Gasteiger partial charge on any atom is -0.493 e. The standard InChI is InChI=1S/C14H21NO4/c1-14(2,8-13(16)17)9-15-10-5-6-11(18-3)12(7-10)19-4/h5-7,15H,8-9H2,1-4H3,(H,16,17). The van der Waals surface area contributed by atoms with Gasteiger partial charge in [-0.2, -0.15) is 0 Å². The summed E-state index contributed by atoms with van der Waals surface area (Å²) in [7, 11) is 3.16. The molecule has 0 aliphatic heterocycles. The van der Waals surface area contributed by atoms with Crippen LogP contribution in [0.1, 0.15) is 20.3 Å². The molecule has 1 aromatic carbocycles. The van der Waals surface area contributed by atoms with Crippen LogP contribution in [0, 0.1) is 5.41 Å². The predicted octanol–water partition coefficient (Wildman–Crippen LogP) is 2.62. The van der Waals surface area contributed by atoms with Gasteiger partial charge in [0.2, 0.25) is 0 Å². The first-order valence-electron chi connectivity index (χ1n) is 6.05. The first-order chi connectivity index (χ1) is 8.88. The molecule has 5 nitrogen and oxygen atoms in total. The highest BCUT2D eigenvalue weighted by atomic mass is 16.5. The smallest absolute Gasteiger partial charge is 0.303 e. The molecule has 0 heterocycles. The molecule has 0 saturated heterocycles. The number of rotatable bonds is 7. The van der Waals surface area contributed by atoms with E-state index in [9.17, 15) is 4.79 Å². The van der Waals surface area contributed by atoms with Crippen molar-refractivity contribution in [2.75, 3.05) is 26.1 Å². The second kappa shape index (κ2) is 6.31. The number of ether oxygens (including phenoxy) is 2. The van der Waals surface area contributed by atoms with Crippen molar-refractivity contribution < 1.29 is 19.4 Å². The molecule has 0 unspecified atom stereocenters. The van der Waals surface area contributed by atoms with Crippen molar-refractivity contribution in [3.8, 4) is 11.5 Å². The van der Waals surface area contributed by atoms with Gasteiger partial charge in [-0.3, -0.25) is 4.79 Å². The molecule has 0 amide bonds. The first-order valence-corrected chi connectivity index (χ1v) is 6.05. The first kappa shape index (κ1) is 15.1. The fourth-order valence-corrected chi connectivity index (χ4v) is 1.76. The number of carbonyl (C=O) groups is 1. The van der Waals surface area contributed by atoms with E-state index in [0.29, 0.717) is 18.0 Å². The van der Waals surface area contributed by atoms with Crippen LogP contribution in [0.25, 0.3) is 0 Å². The van der Waals surface area contributed by atoms with Gasteiger partial charge in [0, 0.05) is 18.3 Å². The van der Waals surface area contributed by atoms with E-state index in [1.807, 2.05) is 32.0 Å². The third-order valence-corrected chi connectivity index (χ3v) is 2.78. The lowest BCUT2D eigenvalue weighted by Gasteiger charge is -2.23. The second-order valence-corrected chi connectivity index (χ2v) is 5.16. The van der Waals surface area contributed by atoms with Gasteiger partial charge < -0.3 is 19.9 Å². The minimum absolute atomic E-state index is 0.118. The van der Waals surface area contributed by atoms with E-state index in [4.69, 9.17) is 14.6 Å². The quantitative estimate of drug-likeness (QED) is 0.795. The minimum atomic E-state index is -0.792. The molecular weight excluding hydrogens is 246 g/mol. The van der Waals surface area contributed by atoms with Crippen molar-refractivity contribution in [3.63, 3.8) is 0 Å².